The van der Waals surface area contributed by atoms with E-state index in [9.17, 15) is 15.0 Å². The van der Waals surface area contributed by atoms with Gasteiger partial charge in [-0.15, -0.1) is 0 Å². The zero-order valence-corrected chi connectivity index (χ0v) is 34.4. The third-order valence-corrected chi connectivity index (χ3v) is 10.4. The van der Waals surface area contributed by atoms with Crippen LogP contribution in [0, 0.1) is 0 Å². The maximum Gasteiger partial charge on any atom is 0.220 e. The molecule has 0 saturated heterocycles. The summed E-state index contributed by atoms with van der Waals surface area (Å²) in [7, 11) is 0. The van der Waals surface area contributed by atoms with Crippen molar-refractivity contribution in [1.82, 2.24) is 5.32 Å². The van der Waals surface area contributed by atoms with Gasteiger partial charge in [0.15, 0.2) is 0 Å². The van der Waals surface area contributed by atoms with E-state index in [4.69, 9.17) is 0 Å². The summed E-state index contributed by atoms with van der Waals surface area (Å²) in [6, 6.07) is -0.537. The summed E-state index contributed by atoms with van der Waals surface area (Å²) in [5.74, 6) is -0.0353. The second kappa shape index (κ2) is 43.0. The van der Waals surface area contributed by atoms with Crippen LogP contribution >= 0.6 is 0 Å². The van der Waals surface area contributed by atoms with Gasteiger partial charge in [-0.2, -0.15) is 0 Å². The number of unbranched alkanes of at least 4 members (excludes halogenated alkanes) is 28. The number of aliphatic hydroxyl groups excluding tert-OH is 2. The fourth-order valence-electron chi connectivity index (χ4n) is 6.90. The SMILES string of the molecule is CCCCCCC/C=C\C/C=C\C/C=C\CCCCCCCCCCCCC(=O)NC(CO)C(O)CCCCCCCCCCCCCCCC. The highest BCUT2D eigenvalue weighted by molar-refractivity contribution is 5.76. The molecule has 0 spiro atoms. The summed E-state index contributed by atoms with van der Waals surface area (Å²) >= 11 is 0. The standard InChI is InChI=1S/C47H89NO3/c1-3-5-7-9-11-13-15-17-19-20-21-22-23-24-25-26-27-28-29-31-33-35-37-39-41-43-47(51)48-45(44-49)46(50)42-40-38-36-34-32-30-18-16-14-12-10-8-6-4-2/h15,17,20-21,23-24,45-46,49-50H,3-14,16,18-19,22,25-44H2,1-2H3,(H,48,51)/b17-15-,21-20-,24-23-. The van der Waals surface area contributed by atoms with Gasteiger partial charge in [-0.3, -0.25) is 4.79 Å². The molecule has 0 bridgehead atoms. The first-order chi connectivity index (χ1) is 25.2. The Morgan fingerprint density at radius 1 is 0.471 bits per heavy atom. The molecular weight excluding hydrogens is 627 g/mol. The minimum atomic E-state index is -0.660. The summed E-state index contributed by atoms with van der Waals surface area (Å²) in [5, 5.41) is 23.2. The molecule has 0 fully saturated rings. The van der Waals surface area contributed by atoms with Crippen LogP contribution in [0.2, 0.25) is 0 Å². The van der Waals surface area contributed by atoms with E-state index in [1.54, 1.807) is 0 Å². The highest BCUT2D eigenvalue weighted by atomic mass is 16.3. The van der Waals surface area contributed by atoms with Gasteiger partial charge in [-0.05, 0) is 51.4 Å². The quantitative estimate of drug-likeness (QED) is 0.0436. The van der Waals surface area contributed by atoms with Crippen LogP contribution in [-0.4, -0.2) is 34.9 Å². The Labute approximate surface area is 319 Å². The second-order valence-corrected chi connectivity index (χ2v) is 15.5. The minimum absolute atomic E-state index is 0.0353. The molecule has 4 heteroatoms. The van der Waals surface area contributed by atoms with Gasteiger partial charge in [0.25, 0.3) is 0 Å². The summed E-state index contributed by atoms with van der Waals surface area (Å²) in [6.07, 6.45) is 56.5. The van der Waals surface area contributed by atoms with Crippen LogP contribution in [0.15, 0.2) is 36.5 Å². The predicted octanol–water partition coefficient (Wildman–Crippen LogP) is 14.2. The number of amides is 1. The second-order valence-electron chi connectivity index (χ2n) is 15.5. The van der Waals surface area contributed by atoms with E-state index >= 15 is 0 Å². The van der Waals surface area contributed by atoms with Crippen LogP contribution in [0.3, 0.4) is 0 Å². The molecule has 0 aliphatic carbocycles. The normalized spacial score (nSPS) is 13.3. The molecule has 0 aromatic rings. The van der Waals surface area contributed by atoms with Gasteiger partial charge in [0.1, 0.15) is 0 Å². The molecule has 0 aromatic heterocycles. The fraction of sp³-hybridized carbons (Fsp3) is 0.851. The van der Waals surface area contributed by atoms with E-state index in [1.807, 2.05) is 0 Å². The van der Waals surface area contributed by atoms with Crippen LogP contribution in [0.25, 0.3) is 0 Å². The summed E-state index contributed by atoms with van der Waals surface area (Å²) in [6.45, 7) is 4.35. The number of allylic oxidation sites excluding steroid dienone is 6. The van der Waals surface area contributed by atoms with Crippen LogP contribution in [0.5, 0.6) is 0 Å². The molecule has 0 aliphatic heterocycles. The number of carbonyl (C=O) groups excluding carboxylic acids is 1. The molecule has 2 unspecified atom stereocenters. The molecule has 1 amide bonds. The zero-order valence-electron chi connectivity index (χ0n) is 34.4. The molecule has 0 radical (unpaired) electrons. The lowest BCUT2D eigenvalue weighted by atomic mass is 10.0. The summed E-state index contributed by atoms with van der Waals surface area (Å²) in [5.41, 5.74) is 0. The molecule has 51 heavy (non-hydrogen) atoms. The Balaban J connectivity index is 3.52. The molecular formula is C47H89NO3. The summed E-state index contributed by atoms with van der Waals surface area (Å²) < 4.78 is 0. The molecule has 0 saturated carbocycles. The molecule has 4 nitrogen and oxygen atoms in total. The monoisotopic (exact) mass is 716 g/mol. The predicted molar refractivity (Wildman–Crippen MR) is 225 cm³/mol. The molecule has 0 rings (SSSR count). The van der Waals surface area contributed by atoms with E-state index in [0.29, 0.717) is 12.8 Å². The van der Waals surface area contributed by atoms with Crippen molar-refractivity contribution in [2.45, 2.75) is 251 Å². The number of aliphatic hydroxyl groups is 2. The van der Waals surface area contributed by atoms with Crippen LogP contribution < -0.4 is 5.32 Å². The summed E-state index contributed by atoms with van der Waals surface area (Å²) in [4.78, 5) is 12.4. The lowest BCUT2D eigenvalue weighted by Gasteiger charge is -2.22. The van der Waals surface area contributed by atoms with Gasteiger partial charge in [-0.1, -0.05) is 217 Å². The zero-order chi connectivity index (χ0) is 37.1. The Hall–Kier alpha value is -1.39. The molecule has 0 aromatic carbocycles. The van der Waals surface area contributed by atoms with E-state index in [1.165, 1.54) is 173 Å². The largest absolute Gasteiger partial charge is 0.394 e. The van der Waals surface area contributed by atoms with Crippen LogP contribution in [0.4, 0.5) is 0 Å². The minimum Gasteiger partial charge on any atom is -0.394 e. The molecule has 3 N–H and O–H groups in total. The number of hydrogen-bond donors (Lipinski definition) is 3. The van der Waals surface area contributed by atoms with Gasteiger partial charge in [-0.25, -0.2) is 0 Å². The van der Waals surface area contributed by atoms with Crippen molar-refractivity contribution in [1.29, 1.82) is 0 Å². The van der Waals surface area contributed by atoms with Crippen LogP contribution in [0.1, 0.15) is 239 Å². The lowest BCUT2D eigenvalue weighted by molar-refractivity contribution is -0.123. The van der Waals surface area contributed by atoms with E-state index in [0.717, 1.165) is 38.5 Å². The van der Waals surface area contributed by atoms with E-state index in [2.05, 4.69) is 55.6 Å². The van der Waals surface area contributed by atoms with E-state index < -0.39 is 12.1 Å². The van der Waals surface area contributed by atoms with Crippen molar-refractivity contribution in [3.8, 4) is 0 Å². The van der Waals surface area contributed by atoms with Gasteiger partial charge >= 0.3 is 0 Å². The number of hydrogen-bond acceptors (Lipinski definition) is 3. The van der Waals surface area contributed by atoms with Crippen molar-refractivity contribution in [3.63, 3.8) is 0 Å². The van der Waals surface area contributed by atoms with E-state index in [-0.39, 0.29) is 12.5 Å². The Morgan fingerprint density at radius 3 is 1.20 bits per heavy atom. The van der Waals surface area contributed by atoms with Gasteiger partial charge in [0, 0.05) is 6.42 Å². The molecule has 0 aliphatic rings. The smallest absolute Gasteiger partial charge is 0.220 e. The third kappa shape index (κ3) is 39.6. The average molecular weight is 716 g/mol. The first kappa shape index (κ1) is 49.6. The molecule has 2 atom stereocenters. The van der Waals surface area contributed by atoms with Crippen molar-refractivity contribution in [2.75, 3.05) is 6.61 Å². The molecule has 0 heterocycles. The van der Waals surface area contributed by atoms with Crippen molar-refractivity contribution in [3.05, 3.63) is 36.5 Å². The first-order valence-electron chi connectivity index (χ1n) is 22.7. The topological polar surface area (TPSA) is 69.6 Å². The Kier molecular flexibility index (Phi) is 41.8. The van der Waals surface area contributed by atoms with Crippen molar-refractivity contribution >= 4 is 5.91 Å². The highest BCUT2D eigenvalue weighted by Gasteiger charge is 2.20. The number of carbonyl (C=O) groups is 1. The third-order valence-electron chi connectivity index (χ3n) is 10.4. The Morgan fingerprint density at radius 2 is 0.804 bits per heavy atom. The number of nitrogens with one attached hydrogen (secondary N) is 1. The highest BCUT2D eigenvalue weighted by Crippen LogP contribution is 2.16. The lowest BCUT2D eigenvalue weighted by Crippen LogP contribution is -2.45. The number of rotatable bonds is 41. The Bertz CT molecular complexity index is 775. The average Bonchev–Trinajstić information content (AvgIpc) is 3.13. The van der Waals surface area contributed by atoms with Gasteiger partial charge < -0.3 is 15.5 Å². The maximum absolute atomic E-state index is 12.4. The van der Waals surface area contributed by atoms with Crippen molar-refractivity contribution < 1.29 is 15.0 Å². The van der Waals surface area contributed by atoms with Gasteiger partial charge in [0.05, 0.1) is 18.8 Å². The fourth-order valence-corrected chi connectivity index (χ4v) is 6.90. The maximum atomic E-state index is 12.4. The molecule has 300 valence electrons. The first-order valence-corrected chi connectivity index (χ1v) is 22.7. The van der Waals surface area contributed by atoms with Crippen molar-refractivity contribution in [2.24, 2.45) is 0 Å². The van der Waals surface area contributed by atoms with Crippen LogP contribution in [-0.2, 0) is 4.79 Å². The van der Waals surface area contributed by atoms with Gasteiger partial charge in [0.2, 0.25) is 5.91 Å².